The maximum atomic E-state index is 11.3. The lowest BCUT2D eigenvalue weighted by molar-refractivity contribution is -0.149. The van der Waals surface area contributed by atoms with Crippen LogP contribution in [-0.4, -0.2) is 16.6 Å². The number of carboxylic acid groups (broad SMARTS) is 1. The third-order valence-electron chi connectivity index (χ3n) is 4.78. The number of rotatable bonds is 1. The predicted molar refractivity (Wildman–Crippen MR) is 51.6 cm³/mol. The van der Waals surface area contributed by atoms with E-state index < -0.39 is 11.5 Å². The number of carboxylic acids is 1. The molecule has 3 N–H and O–H groups in total. The van der Waals surface area contributed by atoms with E-state index >= 15 is 0 Å². The van der Waals surface area contributed by atoms with Crippen LogP contribution in [0.5, 0.6) is 0 Å². The molecule has 3 aliphatic rings. The second-order valence-electron chi connectivity index (χ2n) is 5.59. The Morgan fingerprint density at radius 1 is 1.21 bits per heavy atom. The van der Waals surface area contributed by atoms with Crippen molar-refractivity contribution in [1.29, 1.82) is 0 Å². The second-order valence-corrected chi connectivity index (χ2v) is 5.59. The Morgan fingerprint density at radius 3 is 2.64 bits per heavy atom. The standard InChI is InChI=1S/C11H17NO2/c12-11(10(13)14)5-7-1-6-2-8(3-7)9(11)4-6/h6-9H,1-5,12H2,(H,13,14). The summed E-state index contributed by atoms with van der Waals surface area (Å²) in [6, 6.07) is 0. The maximum Gasteiger partial charge on any atom is 0.323 e. The molecule has 3 rings (SSSR count). The molecular formula is C11H17NO2. The summed E-state index contributed by atoms with van der Waals surface area (Å²) in [6.07, 6.45) is 5.52. The van der Waals surface area contributed by atoms with Crippen molar-refractivity contribution in [3.8, 4) is 0 Å². The number of hydrogen-bond donors (Lipinski definition) is 2. The van der Waals surface area contributed by atoms with Gasteiger partial charge in [0.1, 0.15) is 5.54 Å². The van der Waals surface area contributed by atoms with Crippen molar-refractivity contribution < 1.29 is 9.90 Å². The Bertz CT molecular complexity index is 289. The van der Waals surface area contributed by atoms with Gasteiger partial charge in [-0.3, -0.25) is 4.79 Å². The average Bonchev–Trinajstić information content (AvgIpc) is 2.35. The molecule has 0 spiro atoms. The summed E-state index contributed by atoms with van der Waals surface area (Å²) in [5.41, 5.74) is 5.21. The van der Waals surface area contributed by atoms with Crippen molar-refractivity contribution >= 4 is 5.97 Å². The Labute approximate surface area is 83.7 Å². The van der Waals surface area contributed by atoms with Gasteiger partial charge in [0.2, 0.25) is 0 Å². The quantitative estimate of drug-likeness (QED) is 0.661. The Balaban J connectivity index is 1.99. The van der Waals surface area contributed by atoms with Crippen molar-refractivity contribution in [2.75, 3.05) is 0 Å². The molecule has 3 bridgehead atoms. The molecule has 0 aliphatic heterocycles. The molecule has 0 radical (unpaired) electrons. The van der Waals surface area contributed by atoms with Gasteiger partial charge in [-0.15, -0.1) is 0 Å². The zero-order chi connectivity index (χ0) is 9.92. The molecule has 0 aromatic heterocycles. The smallest absolute Gasteiger partial charge is 0.323 e. The largest absolute Gasteiger partial charge is 0.480 e. The first-order valence-electron chi connectivity index (χ1n) is 5.62. The normalized spacial score (nSPS) is 54.9. The molecule has 3 aliphatic carbocycles. The van der Waals surface area contributed by atoms with Crippen molar-refractivity contribution in [2.45, 2.75) is 37.6 Å². The summed E-state index contributed by atoms with van der Waals surface area (Å²) >= 11 is 0. The van der Waals surface area contributed by atoms with Gasteiger partial charge >= 0.3 is 5.97 Å². The SMILES string of the molecule is NC1(C(=O)O)CC2CC3CC(C2)C1C3. The minimum absolute atomic E-state index is 0.267. The van der Waals surface area contributed by atoms with Crippen molar-refractivity contribution in [3.63, 3.8) is 0 Å². The van der Waals surface area contributed by atoms with Gasteiger partial charge in [-0.1, -0.05) is 0 Å². The van der Waals surface area contributed by atoms with Crippen LogP contribution in [0.4, 0.5) is 0 Å². The van der Waals surface area contributed by atoms with Crippen molar-refractivity contribution in [1.82, 2.24) is 0 Å². The molecule has 5 unspecified atom stereocenters. The molecule has 3 heteroatoms. The molecular weight excluding hydrogens is 178 g/mol. The highest BCUT2D eigenvalue weighted by atomic mass is 16.4. The van der Waals surface area contributed by atoms with Crippen LogP contribution < -0.4 is 5.73 Å². The maximum absolute atomic E-state index is 11.3. The molecule has 3 fully saturated rings. The number of hydrogen-bond acceptors (Lipinski definition) is 2. The summed E-state index contributed by atoms with van der Waals surface area (Å²) in [5, 5.41) is 9.26. The number of carbonyl (C=O) groups is 1. The summed E-state index contributed by atoms with van der Waals surface area (Å²) in [5.74, 6) is 1.50. The summed E-state index contributed by atoms with van der Waals surface area (Å²) in [6.45, 7) is 0. The molecule has 0 amide bonds. The van der Waals surface area contributed by atoms with E-state index in [0.717, 1.165) is 18.8 Å². The Morgan fingerprint density at radius 2 is 1.93 bits per heavy atom. The first-order chi connectivity index (χ1) is 6.59. The lowest BCUT2D eigenvalue weighted by Crippen LogP contribution is -2.58. The van der Waals surface area contributed by atoms with E-state index in [2.05, 4.69) is 0 Å². The molecule has 5 atom stereocenters. The molecule has 0 aromatic rings. The van der Waals surface area contributed by atoms with Crippen LogP contribution in [0.25, 0.3) is 0 Å². The highest BCUT2D eigenvalue weighted by molar-refractivity contribution is 5.79. The molecule has 0 saturated heterocycles. The molecule has 78 valence electrons. The van der Waals surface area contributed by atoms with E-state index in [-0.39, 0.29) is 5.92 Å². The lowest BCUT2D eigenvalue weighted by atomic mass is 9.64. The van der Waals surface area contributed by atoms with Crippen LogP contribution in [0.3, 0.4) is 0 Å². The first kappa shape index (κ1) is 8.72. The van der Waals surface area contributed by atoms with E-state index in [9.17, 15) is 9.90 Å². The van der Waals surface area contributed by atoms with Crippen LogP contribution in [0, 0.1) is 23.7 Å². The Hall–Kier alpha value is -0.570. The van der Waals surface area contributed by atoms with Gasteiger partial charge in [-0.05, 0) is 55.8 Å². The first-order valence-corrected chi connectivity index (χ1v) is 5.62. The summed E-state index contributed by atoms with van der Waals surface area (Å²) < 4.78 is 0. The highest BCUT2D eigenvalue weighted by Gasteiger charge is 2.57. The third kappa shape index (κ3) is 0.937. The minimum atomic E-state index is -0.890. The van der Waals surface area contributed by atoms with E-state index in [1.807, 2.05) is 0 Å². The van der Waals surface area contributed by atoms with Gasteiger partial charge in [0.05, 0.1) is 0 Å². The predicted octanol–water partition coefficient (Wildman–Crippen LogP) is 1.22. The van der Waals surface area contributed by atoms with Gasteiger partial charge in [0.25, 0.3) is 0 Å². The van der Waals surface area contributed by atoms with Gasteiger partial charge in [0, 0.05) is 0 Å². The van der Waals surface area contributed by atoms with Gasteiger partial charge in [-0.25, -0.2) is 0 Å². The van der Waals surface area contributed by atoms with Crippen LogP contribution >= 0.6 is 0 Å². The fourth-order valence-corrected chi connectivity index (χ4v) is 4.36. The van der Waals surface area contributed by atoms with E-state index in [4.69, 9.17) is 5.73 Å². The van der Waals surface area contributed by atoms with Crippen LogP contribution in [-0.2, 0) is 4.79 Å². The highest BCUT2D eigenvalue weighted by Crippen LogP contribution is 2.57. The monoisotopic (exact) mass is 195 g/mol. The lowest BCUT2D eigenvalue weighted by Gasteiger charge is -2.43. The van der Waals surface area contributed by atoms with Crippen LogP contribution in [0.15, 0.2) is 0 Å². The molecule has 3 saturated carbocycles. The van der Waals surface area contributed by atoms with Crippen molar-refractivity contribution in [3.05, 3.63) is 0 Å². The van der Waals surface area contributed by atoms with E-state index in [0.29, 0.717) is 11.8 Å². The zero-order valence-electron chi connectivity index (χ0n) is 8.28. The summed E-state index contributed by atoms with van der Waals surface area (Å²) in [4.78, 5) is 11.3. The zero-order valence-corrected chi connectivity index (χ0v) is 8.28. The molecule has 0 heterocycles. The molecule has 3 nitrogen and oxygen atoms in total. The van der Waals surface area contributed by atoms with E-state index in [1.54, 1.807) is 0 Å². The minimum Gasteiger partial charge on any atom is -0.480 e. The number of fused-ring (bicyclic) bond motifs is 2. The second kappa shape index (κ2) is 2.51. The number of nitrogens with two attached hydrogens (primary N) is 1. The van der Waals surface area contributed by atoms with E-state index in [1.165, 1.54) is 19.3 Å². The summed E-state index contributed by atoms with van der Waals surface area (Å²) in [7, 11) is 0. The van der Waals surface area contributed by atoms with Gasteiger partial charge < -0.3 is 10.8 Å². The topological polar surface area (TPSA) is 63.3 Å². The third-order valence-corrected chi connectivity index (χ3v) is 4.78. The fraction of sp³-hybridized carbons (Fsp3) is 0.909. The average molecular weight is 195 g/mol. The van der Waals surface area contributed by atoms with Crippen LogP contribution in [0.2, 0.25) is 0 Å². The van der Waals surface area contributed by atoms with Gasteiger partial charge in [0.15, 0.2) is 0 Å². The van der Waals surface area contributed by atoms with Crippen LogP contribution in [0.1, 0.15) is 32.1 Å². The van der Waals surface area contributed by atoms with Crippen molar-refractivity contribution in [2.24, 2.45) is 29.4 Å². The van der Waals surface area contributed by atoms with Gasteiger partial charge in [-0.2, -0.15) is 0 Å². The fourth-order valence-electron chi connectivity index (χ4n) is 4.36. The Kier molecular flexibility index (Phi) is 1.56. The molecule has 0 aromatic carbocycles. The molecule has 14 heavy (non-hydrogen) atoms. The number of aliphatic carboxylic acids is 1.